The molecule has 0 spiro atoms. The van der Waals surface area contributed by atoms with Gasteiger partial charge in [0.1, 0.15) is 11.9 Å². The lowest BCUT2D eigenvalue weighted by molar-refractivity contribution is -0.120. The molecule has 0 aromatic heterocycles. The van der Waals surface area contributed by atoms with Gasteiger partial charge in [0.05, 0.1) is 5.69 Å². The molecule has 4 rings (SSSR count). The molecule has 0 aliphatic carbocycles. The molecule has 2 heterocycles. The Labute approximate surface area is 177 Å². The van der Waals surface area contributed by atoms with Gasteiger partial charge >= 0.3 is 0 Å². The second kappa shape index (κ2) is 7.45. The molecular weight excluding hydrogens is 378 g/mol. The number of carbonyl (C=O) groups excluding carboxylic acids is 1. The summed E-state index contributed by atoms with van der Waals surface area (Å²) < 4.78 is 0. The summed E-state index contributed by atoms with van der Waals surface area (Å²) in [5, 5.41) is 0.854. The van der Waals surface area contributed by atoms with Crippen molar-refractivity contribution in [2.24, 2.45) is 15.9 Å². The molecule has 5 heteroatoms. The van der Waals surface area contributed by atoms with E-state index in [-0.39, 0.29) is 23.3 Å². The van der Waals surface area contributed by atoms with E-state index in [0.717, 1.165) is 28.0 Å². The number of nitrogens with zero attached hydrogens (tertiary/aromatic N) is 3. The first-order valence-corrected chi connectivity index (χ1v) is 11.1. The van der Waals surface area contributed by atoms with E-state index in [1.165, 1.54) is 11.1 Å². The monoisotopic (exact) mass is 405 g/mol. The standard InChI is InChI=1S/C24H27N3OS/c1-15(2)20-22(28)26-21-18-8-6-7-9-19(18)25-23(27(20)21)29-14-16-10-12-17(13-11-16)24(3,4)5/h6-13,15,20H,14H2,1-5H3. The van der Waals surface area contributed by atoms with Crippen LogP contribution in [0.5, 0.6) is 0 Å². The number of para-hydroxylation sites is 1. The van der Waals surface area contributed by atoms with E-state index < -0.39 is 0 Å². The van der Waals surface area contributed by atoms with Crippen molar-refractivity contribution >= 4 is 34.4 Å². The van der Waals surface area contributed by atoms with Crippen molar-refractivity contribution in [1.29, 1.82) is 0 Å². The number of amidine groups is 2. The van der Waals surface area contributed by atoms with E-state index >= 15 is 0 Å². The summed E-state index contributed by atoms with van der Waals surface area (Å²) in [6.07, 6.45) is 0. The lowest BCUT2D eigenvalue weighted by atomic mass is 9.87. The molecule has 1 unspecified atom stereocenters. The molecule has 29 heavy (non-hydrogen) atoms. The minimum absolute atomic E-state index is 0.0745. The van der Waals surface area contributed by atoms with Crippen molar-refractivity contribution in [1.82, 2.24) is 4.90 Å². The Hall–Kier alpha value is -2.40. The van der Waals surface area contributed by atoms with Crippen molar-refractivity contribution < 1.29 is 4.79 Å². The van der Waals surface area contributed by atoms with Gasteiger partial charge in [-0.25, -0.2) is 4.99 Å². The smallest absolute Gasteiger partial charge is 0.271 e. The Balaban J connectivity index is 1.63. The molecular formula is C24H27N3OS. The molecule has 0 N–H and O–H groups in total. The van der Waals surface area contributed by atoms with Crippen LogP contribution in [0.3, 0.4) is 0 Å². The highest BCUT2D eigenvalue weighted by Crippen LogP contribution is 2.36. The van der Waals surface area contributed by atoms with Gasteiger partial charge in [-0.3, -0.25) is 9.69 Å². The highest BCUT2D eigenvalue weighted by atomic mass is 32.2. The Morgan fingerprint density at radius 3 is 2.38 bits per heavy atom. The summed E-state index contributed by atoms with van der Waals surface area (Å²) in [5.74, 6) is 1.62. The zero-order valence-electron chi connectivity index (χ0n) is 17.6. The number of thioether (sulfide) groups is 1. The number of benzene rings is 2. The summed E-state index contributed by atoms with van der Waals surface area (Å²) in [7, 11) is 0. The quantitative estimate of drug-likeness (QED) is 0.674. The van der Waals surface area contributed by atoms with Gasteiger partial charge in [0.15, 0.2) is 5.17 Å². The Bertz CT molecular complexity index is 1000. The average molecular weight is 406 g/mol. The molecule has 1 amide bonds. The van der Waals surface area contributed by atoms with Gasteiger partial charge in [0, 0.05) is 11.3 Å². The Morgan fingerprint density at radius 2 is 1.72 bits per heavy atom. The maximum absolute atomic E-state index is 12.6. The average Bonchev–Trinajstić information content (AvgIpc) is 3.03. The van der Waals surface area contributed by atoms with Crippen LogP contribution in [0.2, 0.25) is 0 Å². The Morgan fingerprint density at radius 1 is 1.03 bits per heavy atom. The first kappa shape index (κ1) is 19.9. The van der Waals surface area contributed by atoms with Crippen LogP contribution in [-0.4, -0.2) is 27.9 Å². The summed E-state index contributed by atoms with van der Waals surface area (Å²) >= 11 is 1.67. The second-order valence-electron chi connectivity index (χ2n) is 8.98. The van der Waals surface area contributed by atoms with Crippen molar-refractivity contribution in [3.05, 3.63) is 65.2 Å². The predicted octanol–water partition coefficient (Wildman–Crippen LogP) is 5.53. The summed E-state index contributed by atoms with van der Waals surface area (Å²) in [6, 6.07) is 16.4. The molecule has 0 radical (unpaired) electrons. The van der Waals surface area contributed by atoms with Crippen LogP contribution < -0.4 is 0 Å². The van der Waals surface area contributed by atoms with Crippen molar-refractivity contribution in [2.45, 2.75) is 51.8 Å². The highest BCUT2D eigenvalue weighted by Gasteiger charge is 2.43. The third kappa shape index (κ3) is 3.76. The topological polar surface area (TPSA) is 45.0 Å². The van der Waals surface area contributed by atoms with Gasteiger partial charge in [-0.1, -0.05) is 82.8 Å². The van der Waals surface area contributed by atoms with E-state index in [1.54, 1.807) is 11.8 Å². The highest BCUT2D eigenvalue weighted by molar-refractivity contribution is 8.13. The molecule has 4 nitrogen and oxygen atoms in total. The van der Waals surface area contributed by atoms with Crippen LogP contribution in [0.15, 0.2) is 58.5 Å². The number of amides is 1. The minimum Gasteiger partial charge on any atom is -0.292 e. The lowest BCUT2D eigenvalue weighted by Gasteiger charge is -2.32. The van der Waals surface area contributed by atoms with Gasteiger partial charge in [-0.05, 0) is 34.6 Å². The van der Waals surface area contributed by atoms with E-state index in [2.05, 4.69) is 63.9 Å². The third-order valence-corrected chi connectivity index (χ3v) is 6.39. The number of aliphatic imine (C=N–C) groups is 2. The zero-order valence-corrected chi connectivity index (χ0v) is 18.5. The summed E-state index contributed by atoms with van der Waals surface area (Å²) in [5.41, 5.74) is 4.53. The van der Waals surface area contributed by atoms with Gasteiger partial charge in [0.25, 0.3) is 5.91 Å². The molecule has 2 aliphatic rings. The van der Waals surface area contributed by atoms with Crippen molar-refractivity contribution in [3.63, 3.8) is 0 Å². The fourth-order valence-electron chi connectivity index (χ4n) is 3.72. The van der Waals surface area contributed by atoms with Crippen LogP contribution in [0, 0.1) is 5.92 Å². The predicted molar refractivity (Wildman–Crippen MR) is 122 cm³/mol. The van der Waals surface area contributed by atoms with E-state index in [9.17, 15) is 4.79 Å². The van der Waals surface area contributed by atoms with Gasteiger partial charge < -0.3 is 0 Å². The fourth-order valence-corrected chi connectivity index (χ4v) is 4.71. The summed E-state index contributed by atoms with van der Waals surface area (Å²) in [4.78, 5) is 24.0. The number of hydrogen-bond acceptors (Lipinski definition) is 4. The first-order valence-electron chi connectivity index (χ1n) is 10.1. The molecule has 0 fully saturated rings. The lowest BCUT2D eigenvalue weighted by Crippen LogP contribution is -2.46. The van der Waals surface area contributed by atoms with Gasteiger partial charge in [-0.2, -0.15) is 4.99 Å². The molecule has 0 bridgehead atoms. The first-order chi connectivity index (χ1) is 13.8. The number of carbonyl (C=O) groups is 1. The van der Waals surface area contributed by atoms with Crippen LogP contribution in [0.25, 0.3) is 0 Å². The van der Waals surface area contributed by atoms with Crippen LogP contribution in [0.1, 0.15) is 51.3 Å². The maximum Gasteiger partial charge on any atom is 0.271 e. The second-order valence-corrected chi connectivity index (χ2v) is 9.92. The molecule has 0 saturated heterocycles. The fraction of sp³-hybridized carbons (Fsp3) is 0.375. The maximum atomic E-state index is 12.6. The van der Waals surface area contributed by atoms with Crippen molar-refractivity contribution in [3.8, 4) is 0 Å². The molecule has 2 aliphatic heterocycles. The normalized spacial score (nSPS) is 18.5. The number of rotatable bonds is 3. The largest absolute Gasteiger partial charge is 0.292 e. The van der Waals surface area contributed by atoms with Crippen LogP contribution in [0.4, 0.5) is 5.69 Å². The van der Waals surface area contributed by atoms with E-state index in [1.807, 2.05) is 29.2 Å². The van der Waals surface area contributed by atoms with Gasteiger partial charge in [-0.15, -0.1) is 0 Å². The zero-order chi connectivity index (χ0) is 20.8. The molecule has 150 valence electrons. The van der Waals surface area contributed by atoms with E-state index in [0.29, 0.717) is 0 Å². The number of hydrogen-bond donors (Lipinski definition) is 0. The van der Waals surface area contributed by atoms with Crippen molar-refractivity contribution in [2.75, 3.05) is 0 Å². The number of fused-ring (bicyclic) bond motifs is 3. The molecule has 2 aromatic carbocycles. The molecule has 2 aromatic rings. The van der Waals surface area contributed by atoms with Gasteiger partial charge in [0.2, 0.25) is 0 Å². The molecule has 0 saturated carbocycles. The third-order valence-electron chi connectivity index (χ3n) is 5.36. The minimum atomic E-state index is -0.284. The molecule has 1 atom stereocenters. The Kier molecular flexibility index (Phi) is 5.11. The van der Waals surface area contributed by atoms with E-state index in [4.69, 9.17) is 4.99 Å². The SMILES string of the molecule is CC(C)C1C(=O)N=C2c3ccccc3N=C(SCc3ccc(C(C)(C)C)cc3)N21. The van der Waals surface area contributed by atoms with Crippen LogP contribution in [-0.2, 0) is 16.0 Å². The van der Waals surface area contributed by atoms with Crippen LogP contribution >= 0.6 is 11.8 Å². The summed E-state index contributed by atoms with van der Waals surface area (Å²) in [6.45, 7) is 10.8.